The van der Waals surface area contributed by atoms with Gasteiger partial charge in [0.25, 0.3) is 0 Å². The van der Waals surface area contributed by atoms with E-state index in [-0.39, 0.29) is 11.1 Å². The summed E-state index contributed by atoms with van der Waals surface area (Å²) in [7, 11) is 0. The lowest BCUT2D eigenvalue weighted by molar-refractivity contribution is -0.133. The Bertz CT molecular complexity index is 2040. The zero-order valence-corrected chi connectivity index (χ0v) is 31.4. The summed E-state index contributed by atoms with van der Waals surface area (Å²) in [5, 5.41) is 38.3. The average molecular weight is 730 g/mol. The van der Waals surface area contributed by atoms with E-state index in [9.17, 15) is 30.3 Å². The third-order valence-electron chi connectivity index (χ3n) is 9.85. The smallest absolute Gasteiger partial charge is 0.346 e. The minimum absolute atomic E-state index is 0.334. The van der Waals surface area contributed by atoms with Crippen molar-refractivity contribution in [3.8, 4) is 12.1 Å². The molecule has 5 rings (SSSR count). The van der Waals surface area contributed by atoms with E-state index >= 15 is 0 Å². The number of aliphatic carboxylic acids is 2. The number of rotatable bonds is 17. The van der Waals surface area contributed by atoms with E-state index in [2.05, 4.69) is 48.2 Å². The third-order valence-corrected chi connectivity index (χ3v) is 9.85. The van der Waals surface area contributed by atoms with E-state index in [1.165, 1.54) is 61.8 Å². The lowest BCUT2D eigenvalue weighted by Gasteiger charge is -2.27. The van der Waals surface area contributed by atoms with Crippen molar-refractivity contribution < 1.29 is 19.8 Å². The number of unbranched alkanes of at least 4 members (excludes halogenated alkanes) is 7. The molecule has 0 aromatic heterocycles. The quantitative estimate of drug-likeness (QED) is 0.0364. The van der Waals surface area contributed by atoms with Crippen LogP contribution in [0.3, 0.4) is 0 Å². The first-order chi connectivity index (χ1) is 26.8. The van der Waals surface area contributed by atoms with Crippen molar-refractivity contribution in [2.75, 3.05) is 11.4 Å². The van der Waals surface area contributed by atoms with Gasteiger partial charge in [0.1, 0.15) is 23.3 Å². The molecule has 2 N–H and O–H groups in total. The number of nitrogens with zero attached hydrogens (tertiary/aromatic N) is 3. The normalized spacial score (nSPS) is 13.3. The highest BCUT2D eigenvalue weighted by atomic mass is 16.4. The summed E-state index contributed by atoms with van der Waals surface area (Å²) in [5.41, 5.74) is 8.65. The maximum Gasteiger partial charge on any atom is 0.346 e. The fourth-order valence-corrected chi connectivity index (χ4v) is 6.99. The lowest BCUT2D eigenvalue weighted by Crippen LogP contribution is -2.20. The van der Waals surface area contributed by atoms with Gasteiger partial charge in [-0.1, -0.05) is 125 Å². The number of carbonyl (C=O) groups is 2. The maximum absolute atomic E-state index is 11.8. The Labute approximate surface area is 324 Å². The van der Waals surface area contributed by atoms with Gasteiger partial charge in [-0.05, 0) is 112 Å². The molecule has 0 unspecified atom stereocenters. The van der Waals surface area contributed by atoms with Gasteiger partial charge in [0.2, 0.25) is 0 Å². The van der Waals surface area contributed by atoms with Gasteiger partial charge >= 0.3 is 11.9 Å². The zero-order chi connectivity index (χ0) is 39.0. The number of aryl methyl sites for hydroxylation is 2. The van der Waals surface area contributed by atoms with Gasteiger partial charge in [-0.2, -0.15) is 10.5 Å². The average Bonchev–Trinajstić information content (AvgIpc) is 3.35. The minimum atomic E-state index is -1.27. The van der Waals surface area contributed by atoms with E-state index in [0.29, 0.717) is 11.1 Å². The van der Waals surface area contributed by atoms with Crippen molar-refractivity contribution in [2.45, 2.75) is 71.1 Å². The molecule has 1 aliphatic heterocycles. The molecule has 0 saturated carbocycles. The Hall–Kier alpha value is -6.44. The molecule has 0 saturated heterocycles. The summed E-state index contributed by atoms with van der Waals surface area (Å²) < 4.78 is 0. The van der Waals surface area contributed by atoms with Crippen molar-refractivity contribution in [3.63, 3.8) is 0 Å². The molecule has 7 nitrogen and oxygen atoms in total. The predicted molar refractivity (Wildman–Crippen MR) is 221 cm³/mol. The Balaban J connectivity index is 1.53. The molecule has 278 valence electrons. The number of hydrogen-bond donors (Lipinski definition) is 2. The van der Waals surface area contributed by atoms with Crippen molar-refractivity contribution in [1.29, 1.82) is 10.5 Å². The van der Waals surface area contributed by atoms with E-state index in [1.807, 2.05) is 85.0 Å². The molecule has 0 amide bonds. The van der Waals surface area contributed by atoms with Crippen molar-refractivity contribution in [1.82, 2.24) is 0 Å². The molecule has 0 aliphatic carbocycles. The van der Waals surface area contributed by atoms with Gasteiger partial charge in [0, 0.05) is 17.9 Å². The second kappa shape index (κ2) is 20.1. The van der Waals surface area contributed by atoms with Crippen LogP contribution in [0.4, 0.5) is 11.4 Å². The zero-order valence-electron chi connectivity index (χ0n) is 31.4. The summed E-state index contributed by atoms with van der Waals surface area (Å²) in [6.45, 7) is 3.09. The van der Waals surface area contributed by atoms with Gasteiger partial charge in [-0.3, -0.25) is 0 Å². The van der Waals surface area contributed by atoms with Crippen LogP contribution in [0, 0.1) is 22.7 Å². The minimum Gasteiger partial charge on any atom is -0.477 e. The van der Waals surface area contributed by atoms with Gasteiger partial charge in [0.05, 0.1) is 0 Å². The van der Waals surface area contributed by atoms with Gasteiger partial charge in [0.15, 0.2) is 0 Å². The number of hydrogen-bond acceptors (Lipinski definition) is 5. The Morgan fingerprint density at radius 2 is 1.04 bits per heavy atom. The summed E-state index contributed by atoms with van der Waals surface area (Å²) in [6.07, 6.45) is 18.0. The van der Waals surface area contributed by atoms with Crippen molar-refractivity contribution in [3.05, 3.63) is 154 Å². The Morgan fingerprint density at radius 1 is 0.618 bits per heavy atom. The molecule has 0 bridgehead atoms. The molecule has 4 aromatic rings. The Morgan fingerprint density at radius 3 is 1.44 bits per heavy atom. The first-order valence-electron chi connectivity index (χ1n) is 19.1. The van der Waals surface area contributed by atoms with Gasteiger partial charge in [-0.25, -0.2) is 9.59 Å². The molecule has 55 heavy (non-hydrogen) atoms. The molecule has 0 atom stereocenters. The van der Waals surface area contributed by atoms with E-state index in [0.717, 1.165) is 65.9 Å². The van der Waals surface area contributed by atoms with Crippen molar-refractivity contribution in [2.24, 2.45) is 0 Å². The summed E-state index contributed by atoms with van der Waals surface area (Å²) in [5.74, 6) is -2.54. The number of benzene rings is 4. The highest BCUT2D eigenvalue weighted by Crippen LogP contribution is 2.38. The third kappa shape index (κ3) is 11.0. The van der Waals surface area contributed by atoms with E-state index in [4.69, 9.17) is 0 Å². The van der Waals surface area contributed by atoms with Gasteiger partial charge < -0.3 is 15.1 Å². The maximum atomic E-state index is 11.8. The fraction of sp³-hybridized carbons (Fsp3) is 0.250. The second-order valence-electron chi connectivity index (χ2n) is 13.8. The van der Waals surface area contributed by atoms with Crippen LogP contribution < -0.4 is 4.90 Å². The van der Waals surface area contributed by atoms with E-state index in [1.54, 1.807) is 0 Å². The van der Waals surface area contributed by atoms with Crippen LogP contribution in [-0.4, -0.2) is 28.7 Å². The monoisotopic (exact) mass is 729 g/mol. The highest BCUT2D eigenvalue weighted by Gasteiger charge is 2.21. The Kier molecular flexibility index (Phi) is 14.6. The molecule has 1 heterocycles. The summed E-state index contributed by atoms with van der Waals surface area (Å²) in [4.78, 5) is 26.0. The highest BCUT2D eigenvalue weighted by molar-refractivity contribution is 5.99. The lowest BCUT2D eigenvalue weighted by atomic mass is 9.97. The summed E-state index contributed by atoms with van der Waals surface area (Å²) in [6, 6.07) is 35.3. The standard InChI is InChI=1S/C48H47N3O4/c1-2-3-4-5-6-7-8-15-26-51-45-24-20-35(29-41(31-43(33-49)47(52)53)37-16-11-9-12-17-37)27-39(45)22-23-40-28-36(21-25-46(40)51)30-42(32-44(34-50)48(54)55)38-18-13-10-14-19-38/h9-14,16-21,24-25,27-32H,2-8,15,22-23,26H2,1H3,(H,52,53)(H,54,55)/b41-29+,42-30+,43-31+,44-32+. The first kappa shape index (κ1) is 39.8. The second-order valence-corrected chi connectivity index (χ2v) is 13.8. The predicted octanol–water partition coefficient (Wildman–Crippen LogP) is 11.2. The van der Waals surface area contributed by atoms with Crippen LogP contribution in [0.1, 0.15) is 91.7 Å². The molecule has 7 heteroatoms. The number of nitriles is 2. The molecular formula is C48H47N3O4. The summed E-state index contributed by atoms with van der Waals surface area (Å²) >= 11 is 0. The largest absolute Gasteiger partial charge is 0.477 e. The van der Waals surface area contributed by atoms with Crippen LogP contribution in [-0.2, 0) is 22.4 Å². The first-order valence-corrected chi connectivity index (χ1v) is 19.1. The van der Waals surface area contributed by atoms with Crippen molar-refractivity contribution >= 4 is 46.6 Å². The molecule has 1 aliphatic rings. The molecular weight excluding hydrogens is 683 g/mol. The number of anilines is 2. The number of fused-ring (bicyclic) bond motifs is 2. The van der Waals surface area contributed by atoms with Crippen LogP contribution >= 0.6 is 0 Å². The van der Waals surface area contributed by atoms with Crippen LogP contribution in [0.5, 0.6) is 0 Å². The van der Waals surface area contributed by atoms with E-state index < -0.39 is 11.9 Å². The van der Waals surface area contributed by atoms with Crippen LogP contribution in [0.2, 0.25) is 0 Å². The fourth-order valence-electron chi connectivity index (χ4n) is 6.99. The SMILES string of the molecule is CCCCCCCCCCN1c2ccc(/C=C(\C=C(/C#N)C(=O)O)c3ccccc3)cc2CCc2cc(/C=C(\C=C(/C#N)C(=O)O)c3ccccc3)ccc21. The topological polar surface area (TPSA) is 125 Å². The number of carboxylic acid groups (broad SMARTS) is 2. The number of allylic oxidation sites excluding steroid dienone is 4. The molecule has 0 spiro atoms. The molecule has 0 radical (unpaired) electrons. The van der Waals surface area contributed by atoms with Crippen LogP contribution in [0.15, 0.2) is 120 Å². The number of carboxylic acids is 2. The van der Waals surface area contributed by atoms with Gasteiger partial charge in [-0.15, -0.1) is 0 Å². The molecule has 0 fully saturated rings. The van der Waals surface area contributed by atoms with Crippen LogP contribution in [0.25, 0.3) is 23.3 Å². The molecule has 4 aromatic carbocycles.